The number of hydrogen-bond acceptors (Lipinski definition) is 6. The highest BCUT2D eigenvalue weighted by Gasteiger charge is 2.30. The summed E-state index contributed by atoms with van der Waals surface area (Å²) in [4.78, 5) is 24.3. The van der Waals surface area contributed by atoms with Crippen LogP contribution in [0.5, 0.6) is 5.75 Å². The number of benzene rings is 1. The SMILES string of the molecule is COc1cc(F)ccc1[C@@H](OCC(F)F)[C@H](C)OC(=O)[C@H](C)CC(=O)OC(C)(C)C. The maximum atomic E-state index is 13.5. The lowest BCUT2D eigenvalue weighted by molar-refractivity contribution is -0.168. The minimum absolute atomic E-state index is 0.0685. The molecule has 0 saturated heterocycles. The number of ether oxygens (including phenoxy) is 4. The molecule has 0 aliphatic rings. The van der Waals surface area contributed by atoms with E-state index >= 15 is 0 Å². The maximum absolute atomic E-state index is 13.5. The zero-order valence-electron chi connectivity index (χ0n) is 18.0. The molecule has 0 saturated carbocycles. The lowest BCUT2D eigenvalue weighted by atomic mass is 10.0. The summed E-state index contributed by atoms with van der Waals surface area (Å²) >= 11 is 0. The Kier molecular flexibility index (Phi) is 9.61. The number of alkyl halides is 2. The third-order valence-electron chi connectivity index (χ3n) is 3.93. The molecule has 0 amide bonds. The summed E-state index contributed by atoms with van der Waals surface area (Å²) in [6.45, 7) is 7.15. The molecule has 0 unspecified atom stereocenters. The van der Waals surface area contributed by atoms with Crippen molar-refractivity contribution in [1.29, 1.82) is 0 Å². The van der Waals surface area contributed by atoms with E-state index in [-0.39, 0.29) is 17.7 Å². The Balaban J connectivity index is 2.93. The van der Waals surface area contributed by atoms with Gasteiger partial charge >= 0.3 is 11.9 Å². The highest BCUT2D eigenvalue weighted by Crippen LogP contribution is 2.33. The first-order valence-electron chi connectivity index (χ1n) is 9.49. The van der Waals surface area contributed by atoms with Crippen molar-refractivity contribution < 1.29 is 41.7 Å². The van der Waals surface area contributed by atoms with E-state index < -0.39 is 54.5 Å². The highest BCUT2D eigenvalue weighted by atomic mass is 19.3. The number of hydrogen-bond donors (Lipinski definition) is 0. The van der Waals surface area contributed by atoms with Gasteiger partial charge < -0.3 is 18.9 Å². The average molecular weight is 434 g/mol. The van der Waals surface area contributed by atoms with Gasteiger partial charge in [0.2, 0.25) is 0 Å². The van der Waals surface area contributed by atoms with Gasteiger partial charge in [-0.05, 0) is 39.8 Å². The van der Waals surface area contributed by atoms with Crippen molar-refractivity contribution in [2.24, 2.45) is 5.92 Å². The Morgan fingerprint density at radius 1 is 1.13 bits per heavy atom. The summed E-state index contributed by atoms with van der Waals surface area (Å²) in [5.74, 6) is -2.63. The first-order valence-corrected chi connectivity index (χ1v) is 9.49. The molecule has 0 aromatic heterocycles. The van der Waals surface area contributed by atoms with E-state index in [4.69, 9.17) is 18.9 Å². The second-order valence-electron chi connectivity index (χ2n) is 7.86. The van der Waals surface area contributed by atoms with Crippen molar-refractivity contribution in [2.45, 2.75) is 65.3 Å². The normalized spacial score (nSPS) is 14.7. The van der Waals surface area contributed by atoms with Crippen molar-refractivity contribution in [2.75, 3.05) is 13.7 Å². The number of rotatable bonds is 10. The molecule has 6 nitrogen and oxygen atoms in total. The summed E-state index contributed by atoms with van der Waals surface area (Å²) in [5, 5.41) is 0. The Bertz CT molecular complexity index is 717. The Labute approximate surface area is 174 Å². The van der Waals surface area contributed by atoms with E-state index in [1.54, 1.807) is 20.8 Å². The zero-order chi connectivity index (χ0) is 23.1. The van der Waals surface area contributed by atoms with E-state index in [9.17, 15) is 22.8 Å². The molecule has 9 heteroatoms. The summed E-state index contributed by atoms with van der Waals surface area (Å²) in [6.07, 6.45) is -5.11. The Hall–Kier alpha value is -2.29. The molecular weight excluding hydrogens is 405 g/mol. The maximum Gasteiger partial charge on any atom is 0.309 e. The first-order chi connectivity index (χ1) is 13.8. The number of methoxy groups -OCH3 is 1. The zero-order valence-corrected chi connectivity index (χ0v) is 18.0. The number of halogens is 3. The van der Waals surface area contributed by atoms with Crippen LogP contribution < -0.4 is 4.74 Å². The molecule has 0 spiro atoms. The molecule has 0 radical (unpaired) electrons. The van der Waals surface area contributed by atoms with Crippen LogP contribution in [0.1, 0.15) is 52.7 Å². The molecule has 1 rings (SSSR count). The standard InChI is InChI=1S/C21H29F3O6/c1-12(9-18(25)30-21(3,4)5)20(26)29-13(2)19(28-11-17(23)24)15-8-7-14(22)10-16(15)27-6/h7-8,10,12-13,17,19H,9,11H2,1-6H3/t12-,13+,19+/m1/s1. The quantitative estimate of drug-likeness (QED) is 0.507. The van der Waals surface area contributed by atoms with Gasteiger partial charge in [0, 0.05) is 11.6 Å². The van der Waals surface area contributed by atoms with Crippen LogP contribution in [-0.4, -0.2) is 43.8 Å². The lowest BCUT2D eigenvalue weighted by Crippen LogP contribution is -2.31. The fourth-order valence-corrected chi connectivity index (χ4v) is 2.65. The van der Waals surface area contributed by atoms with Crippen molar-refractivity contribution in [3.8, 4) is 5.75 Å². The minimum atomic E-state index is -2.76. The molecular formula is C21H29F3O6. The predicted octanol–water partition coefficient (Wildman–Crippen LogP) is 4.46. The first kappa shape index (κ1) is 25.7. The molecule has 0 aliphatic heterocycles. The molecule has 170 valence electrons. The fraction of sp³-hybridized carbons (Fsp3) is 0.619. The van der Waals surface area contributed by atoms with E-state index in [1.165, 1.54) is 27.0 Å². The van der Waals surface area contributed by atoms with Gasteiger partial charge in [0.15, 0.2) is 0 Å². The van der Waals surface area contributed by atoms with Crippen LogP contribution in [0, 0.1) is 11.7 Å². The number of esters is 2. The van der Waals surface area contributed by atoms with Gasteiger partial charge in [-0.3, -0.25) is 9.59 Å². The van der Waals surface area contributed by atoms with Crippen LogP contribution in [-0.2, 0) is 23.8 Å². The molecule has 0 N–H and O–H groups in total. The Morgan fingerprint density at radius 2 is 1.77 bits per heavy atom. The lowest BCUT2D eigenvalue weighted by Gasteiger charge is -2.27. The summed E-state index contributed by atoms with van der Waals surface area (Å²) < 4.78 is 59.8. The smallest absolute Gasteiger partial charge is 0.309 e. The van der Waals surface area contributed by atoms with Crippen LogP contribution in [0.15, 0.2) is 18.2 Å². The Morgan fingerprint density at radius 3 is 2.30 bits per heavy atom. The van der Waals surface area contributed by atoms with Crippen LogP contribution in [0.3, 0.4) is 0 Å². The second-order valence-corrected chi connectivity index (χ2v) is 7.86. The molecule has 0 aliphatic carbocycles. The number of carbonyl (C=O) groups excluding carboxylic acids is 2. The van der Waals surface area contributed by atoms with E-state index in [2.05, 4.69) is 0 Å². The van der Waals surface area contributed by atoms with Crippen molar-refractivity contribution in [1.82, 2.24) is 0 Å². The molecule has 0 bridgehead atoms. The van der Waals surface area contributed by atoms with Crippen LogP contribution in [0.2, 0.25) is 0 Å². The van der Waals surface area contributed by atoms with Gasteiger partial charge in [0.1, 0.15) is 36.0 Å². The topological polar surface area (TPSA) is 71.1 Å². The largest absolute Gasteiger partial charge is 0.496 e. The number of carbonyl (C=O) groups is 2. The molecule has 1 aromatic rings. The van der Waals surface area contributed by atoms with Crippen LogP contribution >= 0.6 is 0 Å². The van der Waals surface area contributed by atoms with E-state index in [0.29, 0.717) is 0 Å². The van der Waals surface area contributed by atoms with Crippen LogP contribution in [0.25, 0.3) is 0 Å². The van der Waals surface area contributed by atoms with Crippen LogP contribution in [0.4, 0.5) is 13.2 Å². The molecule has 30 heavy (non-hydrogen) atoms. The van der Waals surface area contributed by atoms with Gasteiger partial charge in [0.05, 0.1) is 19.4 Å². The van der Waals surface area contributed by atoms with Gasteiger partial charge in [0.25, 0.3) is 6.43 Å². The molecule has 0 fully saturated rings. The van der Waals surface area contributed by atoms with Gasteiger partial charge in [-0.25, -0.2) is 13.2 Å². The van der Waals surface area contributed by atoms with E-state index in [0.717, 1.165) is 12.1 Å². The third-order valence-corrected chi connectivity index (χ3v) is 3.93. The average Bonchev–Trinajstić information content (AvgIpc) is 2.60. The van der Waals surface area contributed by atoms with Gasteiger partial charge in [-0.15, -0.1) is 0 Å². The third kappa shape index (κ3) is 8.61. The summed E-state index contributed by atoms with van der Waals surface area (Å²) in [6, 6.07) is 3.52. The second kappa shape index (κ2) is 11.2. The van der Waals surface area contributed by atoms with Crippen molar-refractivity contribution in [3.05, 3.63) is 29.6 Å². The van der Waals surface area contributed by atoms with E-state index in [1.807, 2.05) is 0 Å². The molecule has 3 atom stereocenters. The van der Waals surface area contributed by atoms with Gasteiger partial charge in [-0.2, -0.15) is 0 Å². The fourth-order valence-electron chi connectivity index (χ4n) is 2.65. The van der Waals surface area contributed by atoms with Crippen molar-refractivity contribution >= 4 is 11.9 Å². The summed E-state index contributed by atoms with van der Waals surface area (Å²) in [5.41, 5.74) is -0.443. The van der Waals surface area contributed by atoms with Gasteiger partial charge in [-0.1, -0.05) is 6.92 Å². The highest BCUT2D eigenvalue weighted by molar-refractivity contribution is 5.79. The minimum Gasteiger partial charge on any atom is -0.496 e. The predicted molar refractivity (Wildman–Crippen MR) is 103 cm³/mol. The molecule has 0 heterocycles. The van der Waals surface area contributed by atoms with Crippen molar-refractivity contribution in [3.63, 3.8) is 0 Å². The monoisotopic (exact) mass is 434 g/mol. The summed E-state index contributed by atoms with van der Waals surface area (Å²) in [7, 11) is 1.29. The molecule has 1 aromatic carbocycles.